The maximum atomic E-state index is 10.7. The highest BCUT2D eigenvalue weighted by Crippen LogP contribution is 2.22. The standard InChI is InChI=1S/C17H25N3O2/c18-17(21)22-16-12-20(13-16)11-15-6-8-19(9-7-15)10-14-4-2-1-3-5-14/h1-5,15-16H,6-13H2,(H2,18,21). The molecule has 2 saturated heterocycles. The lowest BCUT2D eigenvalue weighted by Gasteiger charge is -2.41. The summed E-state index contributed by atoms with van der Waals surface area (Å²) < 4.78 is 4.98. The van der Waals surface area contributed by atoms with Gasteiger partial charge in [0.15, 0.2) is 0 Å². The first-order valence-corrected chi connectivity index (χ1v) is 8.14. The Hall–Kier alpha value is -1.59. The number of nitrogens with two attached hydrogens (primary N) is 1. The van der Waals surface area contributed by atoms with E-state index in [-0.39, 0.29) is 6.10 Å². The number of carbonyl (C=O) groups is 1. The van der Waals surface area contributed by atoms with Crippen LogP contribution in [0.5, 0.6) is 0 Å². The number of rotatable bonds is 5. The lowest BCUT2D eigenvalue weighted by molar-refractivity contribution is -0.0213. The predicted molar refractivity (Wildman–Crippen MR) is 85.3 cm³/mol. The number of hydrogen-bond donors (Lipinski definition) is 1. The number of benzene rings is 1. The molecule has 0 atom stereocenters. The second-order valence-corrected chi connectivity index (χ2v) is 6.48. The molecule has 3 rings (SSSR count). The molecule has 0 radical (unpaired) electrons. The highest BCUT2D eigenvalue weighted by atomic mass is 16.6. The molecule has 2 aliphatic heterocycles. The van der Waals surface area contributed by atoms with Crippen LogP contribution < -0.4 is 5.73 Å². The van der Waals surface area contributed by atoms with Crippen LogP contribution >= 0.6 is 0 Å². The van der Waals surface area contributed by atoms with Crippen molar-refractivity contribution < 1.29 is 9.53 Å². The Labute approximate surface area is 132 Å². The number of piperidine rings is 1. The molecule has 0 bridgehead atoms. The van der Waals surface area contributed by atoms with Gasteiger partial charge in [0.1, 0.15) is 6.10 Å². The Kier molecular flexibility index (Phi) is 4.95. The second kappa shape index (κ2) is 7.11. The maximum Gasteiger partial charge on any atom is 0.404 e. The SMILES string of the molecule is NC(=O)OC1CN(CC2CCN(Cc3ccccc3)CC2)C1. The summed E-state index contributed by atoms with van der Waals surface area (Å²) in [5.41, 5.74) is 6.42. The summed E-state index contributed by atoms with van der Waals surface area (Å²) in [5.74, 6) is 0.765. The minimum absolute atomic E-state index is 0.00988. The molecule has 1 aromatic rings. The van der Waals surface area contributed by atoms with Crippen molar-refractivity contribution in [2.24, 2.45) is 11.7 Å². The fourth-order valence-corrected chi connectivity index (χ4v) is 3.44. The molecule has 0 spiro atoms. The van der Waals surface area contributed by atoms with Crippen molar-refractivity contribution in [3.8, 4) is 0 Å². The Morgan fingerprint density at radius 1 is 1.14 bits per heavy atom. The van der Waals surface area contributed by atoms with Gasteiger partial charge in [-0.3, -0.25) is 9.80 Å². The normalized spacial score (nSPS) is 21.5. The summed E-state index contributed by atoms with van der Waals surface area (Å²) >= 11 is 0. The molecule has 0 aromatic heterocycles. The summed E-state index contributed by atoms with van der Waals surface area (Å²) in [6.45, 7) is 6.22. The van der Waals surface area contributed by atoms with E-state index in [4.69, 9.17) is 10.5 Å². The van der Waals surface area contributed by atoms with E-state index in [1.54, 1.807) is 0 Å². The van der Waals surface area contributed by atoms with Crippen LogP contribution in [-0.4, -0.2) is 54.7 Å². The third kappa shape index (κ3) is 4.21. The summed E-state index contributed by atoms with van der Waals surface area (Å²) in [6, 6.07) is 10.7. The topological polar surface area (TPSA) is 58.8 Å². The lowest BCUT2D eigenvalue weighted by Crippen LogP contribution is -2.55. The van der Waals surface area contributed by atoms with Crippen molar-refractivity contribution in [3.05, 3.63) is 35.9 Å². The molecule has 0 saturated carbocycles. The Morgan fingerprint density at radius 2 is 1.82 bits per heavy atom. The Balaban J connectivity index is 1.34. The van der Waals surface area contributed by atoms with Gasteiger partial charge in [-0.15, -0.1) is 0 Å². The smallest absolute Gasteiger partial charge is 0.404 e. The first-order valence-electron chi connectivity index (χ1n) is 8.14. The van der Waals surface area contributed by atoms with Crippen molar-refractivity contribution in [3.63, 3.8) is 0 Å². The number of likely N-dealkylation sites (tertiary alicyclic amines) is 2. The van der Waals surface area contributed by atoms with Gasteiger partial charge in [-0.2, -0.15) is 0 Å². The minimum atomic E-state index is -0.654. The fraction of sp³-hybridized carbons (Fsp3) is 0.588. The van der Waals surface area contributed by atoms with Crippen LogP contribution in [0.3, 0.4) is 0 Å². The zero-order valence-electron chi connectivity index (χ0n) is 13.0. The number of primary amides is 1. The molecule has 2 heterocycles. The van der Waals surface area contributed by atoms with Crippen LogP contribution in [0.1, 0.15) is 18.4 Å². The van der Waals surface area contributed by atoms with Crippen molar-refractivity contribution >= 4 is 6.09 Å². The highest BCUT2D eigenvalue weighted by Gasteiger charge is 2.31. The van der Waals surface area contributed by atoms with E-state index in [9.17, 15) is 4.79 Å². The van der Waals surface area contributed by atoms with Crippen LogP contribution in [0, 0.1) is 5.92 Å². The summed E-state index contributed by atoms with van der Waals surface area (Å²) in [5, 5.41) is 0. The van der Waals surface area contributed by atoms with Gasteiger partial charge in [-0.25, -0.2) is 4.79 Å². The quantitative estimate of drug-likeness (QED) is 0.899. The van der Waals surface area contributed by atoms with Crippen LogP contribution in [0.2, 0.25) is 0 Å². The molecule has 120 valence electrons. The van der Waals surface area contributed by atoms with Gasteiger partial charge >= 0.3 is 6.09 Å². The zero-order chi connectivity index (χ0) is 15.4. The van der Waals surface area contributed by atoms with Crippen LogP contribution in [-0.2, 0) is 11.3 Å². The molecule has 2 aliphatic rings. The van der Waals surface area contributed by atoms with E-state index in [2.05, 4.69) is 40.1 Å². The van der Waals surface area contributed by atoms with E-state index in [0.29, 0.717) is 0 Å². The molecule has 1 aromatic carbocycles. The monoisotopic (exact) mass is 303 g/mol. The first kappa shape index (κ1) is 15.3. The molecule has 2 fully saturated rings. The molecule has 5 nitrogen and oxygen atoms in total. The minimum Gasteiger partial charge on any atom is -0.444 e. The number of hydrogen-bond acceptors (Lipinski definition) is 4. The molecule has 1 amide bonds. The molecule has 5 heteroatoms. The van der Waals surface area contributed by atoms with Gasteiger partial charge in [0.2, 0.25) is 0 Å². The van der Waals surface area contributed by atoms with E-state index in [1.165, 1.54) is 31.5 Å². The molecular formula is C17H25N3O2. The average molecular weight is 303 g/mol. The van der Waals surface area contributed by atoms with Gasteiger partial charge in [0.05, 0.1) is 0 Å². The Bertz CT molecular complexity index is 480. The summed E-state index contributed by atoms with van der Waals surface area (Å²) in [6.07, 6.45) is 1.87. The summed E-state index contributed by atoms with van der Waals surface area (Å²) in [4.78, 5) is 15.6. The molecule has 0 unspecified atom stereocenters. The van der Waals surface area contributed by atoms with Crippen LogP contribution in [0.25, 0.3) is 0 Å². The summed E-state index contributed by atoms with van der Waals surface area (Å²) in [7, 11) is 0. The van der Waals surface area contributed by atoms with Crippen molar-refractivity contribution in [1.29, 1.82) is 0 Å². The molecule has 0 aliphatic carbocycles. The third-order valence-corrected chi connectivity index (χ3v) is 4.68. The predicted octanol–water partition coefficient (Wildman–Crippen LogP) is 1.68. The van der Waals surface area contributed by atoms with Gasteiger partial charge in [0.25, 0.3) is 0 Å². The van der Waals surface area contributed by atoms with Crippen molar-refractivity contribution in [2.75, 3.05) is 32.7 Å². The van der Waals surface area contributed by atoms with E-state index < -0.39 is 6.09 Å². The van der Waals surface area contributed by atoms with Gasteiger partial charge in [-0.1, -0.05) is 30.3 Å². The number of amides is 1. The number of ether oxygens (including phenoxy) is 1. The maximum absolute atomic E-state index is 10.7. The molecule has 22 heavy (non-hydrogen) atoms. The van der Waals surface area contributed by atoms with Crippen molar-refractivity contribution in [1.82, 2.24) is 9.80 Å². The Morgan fingerprint density at radius 3 is 2.45 bits per heavy atom. The number of carbonyl (C=O) groups excluding carboxylic acids is 1. The van der Waals surface area contributed by atoms with Crippen LogP contribution in [0.15, 0.2) is 30.3 Å². The third-order valence-electron chi connectivity index (χ3n) is 4.68. The van der Waals surface area contributed by atoms with Gasteiger partial charge in [-0.05, 0) is 37.4 Å². The molecular weight excluding hydrogens is 278 g/mol. The van der Waals surface area contributed by atoms with Crippen molar-refractivity contribution in [2.45, 2.75) is 25.5 Å². The fourth-order valence-electron chi connectivity index (χ4n) is 3.44. The van der Waals surface area contributed by atoms with E-state index >= 15 is 0 Å². The van der Waals surface area contributed by atoms with Crippen LogP contribution in [0.4, 0.5) is 4.79 Å². The van der Waals surface area contributed by atoms with Gasteiger partial charge < -0.3 is 10.5 Å². The number of nitrogens with zero attached hydrogens (tertiary/aromatic N) is 2. The largest absolute Gasteiger partial charge is 0.444 e. The van der Waals surface area contributed by atoms with E-state index in [0.717, 1.165) is 32.1 Å². The average Bonchev–Trinajstić information content (AvgIpc) is 2.47. The second-order valence-electron chi connectivity index (χ2n) is 6.48. The lowest BCUT2D eigenvalue weighted by atomic mass is 9.94. The zero-order valence-corrected chi connectivity index (χ0v) is 13.0. The van der Waals surface area contributed by atoms with E-state index in [1.807, 2.05) is 0 Å². The highest BCUT2D eigenvalue weighted by molar-refractivity contribution is 5.64. The first-order chi connectivity index (χ1) is 10.7. The van der Waals surface area contributed by atoms with Gasteiger partial charge in [0, 0.05) is 26.2 Å². The molecule has 2 N–H and O–H groups in total.